The third-order valence-corrected chi connectivity index (χ3v) is 8.74. The van der Waals surface area contributed by atoms with E-state index in [-0.39, 0.29) is 27.3 Å². The lowest BCUT2D eigenvalue weighted by Crippen LogP contribution is -2.54. The molecule has 1 saturated heterocycles. The van der Waals surface area contributed by atoms with Gasteiger partial charge in [-0.05, 0) is 41.9 Å². The van der Waals surface area contributed by atoms with E-state index < -0.39 is 38.0 Å². The minimum Gasteiger partial charge on any atom is -0.361 e. The summed E-state index contributed by atoms with van der Waals surface area (Å²) in [6.07, 6.45) is -1.58. The number of anilines is 1. The number of ether oxygens (including phenoxy) is 1. The number of fused-ring (bicyclic) bond motifs is 1. The van der Waals surface area contributed by atoms with Gasteiger partial charge >= 0.3 is 6.30 Å². The van der Waals surface area contributed by atoms with Gasteiger partial charge in [0.25, 0.3) is 0 Å². The van der Waals surface area contributed by atoms with Crippen LogP contribution in [0.1, 0.15) is 18.5 Å². The summed E-state index contributed by atoms with van der Waals surface area (Å²) in [5.41, 5.74) is 1.28. The number of halogens is 5. The molecule has 0 spiro atoms. The van der Waals surface area contributed by atoms with Crippen molar-refractivity contribution in [1.82, 2.24) is 19.3 Å². The predicted molar refractivity (Wildman–Crippen MR) is 142 cm³/mol. The minimum atomic E-state index is -4.75. The Bertz CT molecular complexity index is 1550. The molecule has 1 fully saturated rings. The molecule has 0 radical (unpaired) electrons. The molecular weight excluding hydrogens is 549 g/mol. The standard InChI is InChI=1S/C27H28F5N5O2Si/c1-16-25(24-20(28)9-17(10-21(24)29)18-12-34-36(13-18)27(30,31)32)37(26(16)38)19-5-6-23-22(11-19)33-14-35(23)15-39-7-8-40(2,3)4/h5-6,9-14,16,25H,7-8,15H2,1-4H3. The number of hydrogen-bond donors (Lipinski definition) is 0. The number of aromatic nitrogens is 4. The largest absolute Gasteiger partial charge is 0.504 e. The van der Waals surface area contributed by atoms with Gasteiger partial charge in [0.1, 0.15) is 18.4 Å². The van der Waals surface area contributed by atoms with Gasteiger partial charge in [0, 0.05) is 37.7 Å². The Kier molecular flexibility index (Phi) is 7.07. The van der Waals surface area contributed by atoms with E-state index in [4.69, 9.17) is 4.74 Å². The van der Waals surface area contributed by atoms with Crippen LogP contribution in [0.15, 0.2) is 49.1 Å². The molecule has 5 rings (SSSR count). The fraction of sp³-hybridized carbons (Fsp3) is 0.370. The van der Waals surface area contributed by atoms with Gasteiger partial charge in [0.2, 0.25) is 5.91 Å². The van der Waals surface area contributed by atoms with Gasteiger partial charge in [-0.15, -0.1) is 13.2 Å². The molecule has 2 unspecified atom stereocenters. The molecule has 2 aromatic heterocycles. The Hall–Kier alpha value is -3.58. The van der Waals surface area contributed by atoms with E-state index in [1.807, 2.05) is 4.57 Å². The van der Waals surface area contributed by atoms with Crippen molar-refractivity contribution in [1.29, 1.82) is 0 Å². The predicted octanol–water partition coefficient (Wildman–Crippen LogP) is 6.69. The van der Waals surface area contributed by atoms with E-state index in [1.54, 1.807) is 31.5 Å². The van der Waals surface area contributed by atoms with Crippen molar-refractivity contribution >= 4 is 30.7 Å². The van der Waals surface area contributed by atoms with Crippen molar-refractivity contribution in [3.8, 4) is 11.1 Å². The highest BCUT2D eigenvalue weighted by molar-refractivity contribution is 6.76. The molecule has 4 aromatic rings. The summed E-state index contributed by atoms with van der Waals surface area (Å²) < 4.78 is 76.7. The van der Waals surface area contributed by atoms with Crippen molar-refractivity contribution < 1.29 is 31.5 Å². The number of carbonyl (C=O) groups excluding carboxylic acids is 1. The van der Waals surface area contributed by atoms with Crippen molar-refractivity contribution in [3.63, 3.8) is 0 Å². The van der Waals surface area contributed by atoms with Gasteiger partial charge in [-0.25, -0.2) is 13.8 Å². The number of benzene rings is 2. The summed E-state index contributed by atoms with van der Waals surface area (Å²) in [6, 6.07) is 7.15. The number of hydrogen-bond acceptors (Lipinski definition) is 4. The van der Waals surface area contributed by atoms with Crippen LogP contribution in [-0.2, 0) is 22.6 Å². The number of alkyl halides is 3. The Labute approximate surface area is 228 Å². The lowest BCUT2D eigenvalue weighted by atomic mass is 9.82. The molecule has 40 heavy (non-hydrogen) atoms. The third kappa shape index (κ3) is 5.27. The second-order valence-corrected chi connectivity index (χ2v) is 16.8. The van der Waals surface area contributed by atoms with Crippen LogP contribution in [0.4, 0.5) is 27.6 Å². The van der Waals surface area contributed by atoms with Crippen molar-refractivity contribution in [3.05, 3.63) is 66.3 Å². The second-order valence-electron chi connectivity index (χ2n) is 11.2. The monoisotopic (exact) mass is 577 g/mol. The summed E-state index contributed by atoms with van der Waals surface area (Å²) in [5.74, 6) is -2.96. The molecule has 2 atom stereocenters. The van der Waals surface area contributed by atoms with Gasteiger partial charge in [0.15, 0.2) is 0 Å². The number of carbonyl (C=O) groups is 1. The van der Waals surface area contributed by atoms with E-state index >= 15 is 8.78 Å². The summed E-state index contributed by atoms with van der Waals surface area (Å²) >= 11 is 0. The summed E-state index contributed by atoms with van der Waals surface area (Å²) in [5, 5.41) is 3.22. The first kappa shape index (κ1) is 28.0. The van der Waals surface area contributed by atoms with E-state index in [0.29, 0.717) is 30.7 Å². The first-order valence-corrected chi connectivity index (χ1v) is 16.4. The molecule has 0 bridgehead atoms. The molecular formula is C27H28F5N5O2Si. The van der Waals surface area contributed by atoms with E-state index in [1.165, 1.54) is 4.90 Å². The number of amides is 1. The number of β-lactam (4-membered cyclic amide) rings is 1. The van der Waals surface area contributed by atoms with Crippen LogP contribution in [0.3, 0.4) is 0 Å². The van der Waals surface area contributed by atoms with Gasteiger partial charge in [0.05, 0.1) is 35.5 Å². The second kappa shape index (κ2) is 10.1. The molecule has 212 valence electrons. The molecule has 2 aromatic carbocycles. The van der Waals surface area contributed by atoms with Crippen LogP contribution in [0, 0.1) is 17.6 Å². The van der Waals surface area contributed by atoms with Crippen molar-refractivity contribution in [2.75, 3.05) is 11.5 Å². The molecule has 0 saturated carbocycles. The average Bonchev–Trinajstić information content (AvgIpc) is 3.52. The molecule has 0 aliphatic carbocycles. The van der Waals surface area contributed by atoms with E-state index in [9.17, 15) is 18.0 Å². The zero-order chi connectivity index (χ0) is 29.0. The Morgan fingerprint density at radius 2 is 1.75 bits per heavy atom. The maximum Gasteiger partial charge on any atom is 0.504 e. The molecule has 7 nitrogen and oxygen atoms in total. The fourth-order valence-corrected chi connectivity index (χ4v) is 5.55. The molecule has 1 aliphatic rings. The van der Waals surface area contributed by atoms with E-state index in [2.05, 4.69) is 29.7 Å². The quantitative estimate of drug-likeness (QED) is 0.101. The van der Waals surface area contributed by atoms with Gasteiger partial charge in [-0.3, -0.25) is 4.79 Å². The Balaban J connectivity index is 1.39. The highest BCUT2D eigenvalue weighted by Gasteiger charge is 2.48. The maximum absolute atomic E-state index is 15.3. The van der Waals surface area contributed by atoms with E-state index in [0.717, 1.165) is 29.9 Å². The summed E-state index contributed by atoms with van der Waals surface area (Å²) in [4.78, 5) is 18.6. The first-order valence-electron chi connectivity index (χ1n) is 12.7. The fourth-order valence-electron chi connectivity index (χ4n) is 4.79. The van der Waals surface area contributed by atoms with Crippen LogP contribution in [-0.4, -0.2) is 39.9 Å². The van der Waals surface area contributed by atoms with Crippen LogP contribution < -0.4 is 4.90 Å². The average molecular weight is 578 g/mol. The third-order valence-electron chi connectivity index (χ3n) is 7.04. The zero-order valence-electron chi connectivity index (χ0n) is 22.3. The maximum atomic E-state index is 15.3. The van der Waals surface area contributed by atoms with Crippen molar-refractivity contribution in [2.24, 2.45) is 5.92 Å². The molecule has 0 N–H and O–H groups in total. The number of rotatable bonds is 8. The van der Waals surface area contributed by atoms with Gasteiger partial charge < -0.3 is 14.2 Å². The summed E-state index contributed by atoms with van der Waals surface area (Å²) in [7, 11) is -1.22. The first-order chi connectivity index (χ1) is 18.7. The van der Waals surface area contributed by atoms with Crippen LogP contribution in [0.2, 0.25) is 25.7 Å². The summed E-state index contributed by atoms with van der Waals surface area (Å²) in [6.45, 7) is 9.37. The lowest BCUT2D eigenvalue weighted by molar-refractivity contribution is -0.212. The minimum absolute atomic E-state index is 0.0956. The zero-order valence-corrected chi connectivity index (χ0v) is 23.3. The topological polar surface area (TPSA) is 65.2 Å². The lowest BCUT2D eigenvalue weighted by Gasteiger charge is -2.46. The van der Waals surface area contributed by atoms with Crippen LogP contribution in [0.25, 0.3) is 22.2 Å². The van der Waals surface area contributed by atoms with Crippen LogP contribution >= 0.6 is 0 Å². The Morgan fingerprint density at radius 1 is 1.05 bits per heavy atom. The molecule has 1 amide bonds. The molecule has 1 aliphatic heterocycles. The van der Waals surface area contributed by atoms with Gasteiger partial charge in [-0.1, -0.05) is 26.6 Å². The van der Waals surface area contributed by atoms with Crippen molar-refractivity contribution in [2.45, 2.75) is 51.7 Å². The highest BCUT2D eigenvalue weighted by Crippen LogP contribution is 2.46. The molecule has 3 heterocycles. The smallest absolute Gasteiger partial charge is 0.361 e. The highest BCUT2D eigenvalue weighted by atomic mass is 28.3. The Morgan fingerprint density at radius 3 is 2.38 bits per heavy atom. The number of imidazole rings is 1. The molecule has 13 heteroatoms. The van der Waals surface area contributed by atoms with Crippen LogP contribution in [0.5, 0.6) is 0 Å². The normalized spacial score (nSPS) is 18.0. The number of nitrogens with zero attached hydrogens (tertiary/aromatic N) is 5. The SMILES string of the molecule is CC1C(=O)N(c2ccc3c(c2)ncn3COCC[Si](C)(C)C)C1c1c(F)cc(-c2cnn(C(F)(F)F)c2)cc1F. The van der Waals surface area contributed by atoms with Gasteiger partial charge in [-0.2, -0.15) is 9.78 Å².